The van der Waals surface area contributed by atoms with Gasteiger partial charge in [0.25, 0.3) is 0 Å². The van der Waals surface area contributed by atoms with Crippen LogP contribution in [0.15, 0.2) is 0 Å². The highest BCUT2D eigenvalue weighted by atomic mass is 16.5. The maximum absolute atomic E-state index is 11.7. The Morgan fingerprint density at radius 1 is 1.36 bits per heavy atom. The van der Waals surface area contributed by atoms with Gasteiger partial charge >= 0.3 is 6.03 Å². The second-order valence-electron chi connectivity index (χ2n) is 4.21. The third-order valence-electron chi connectivity index (χ3n) is 3.23. The van der Waals surface area contributed by atoms with Gasteiger partial charge in [0, 0.05) is 19.1 Å². The van der Waals surface area contributed by atoms with E-state index in [0.717, 1.165) is 19.5 Å². The van der Waals surface area contributed by atoms with Crippen molar-refractivity contribution < 1.29 is 9.53 Å². The van der Waals surface area contributed by atoms with Gasteiger partial charge < -0.3 is 15.0 Å². The fourth-order valence-corrected chi connectivity index (χ4v) is 1.90. The van der Waals surface area contributed by atoms with Crippen molar-refractivity contribution in [2.75, 3.05) is 26.3 Å². The third-order valence-corrected chi connectivity index (χ3v) is 3.23. The van der Waals surface area contributed by atoms with Crippen molar-refractivity contribution in [2.45, 2.75) is 25.8 Å². The summed E-state index contributed by atoms with van der Waals surface area (Å²) >= 11 is 0. The van der Waals surface area contributed by atoms with Gasteiger partial charge in [0.15, 0.2) is 0 Å². The minimum atomic E-state index is 0.0878. The van der Waals surface area contributed by atoms with Crippen LogP contribution in [0.2, 0.25) is 0 Å². The van der Waals surface area contributed by atoms with Crippen LogP contribution in [0.3, 0.4) is 0 Å². The van der Waals surface area contributed by atoms with Gasteiger partial charge in [0.2, 0.25) is 0 Å². The van der Waals surface area contributed by atoms with E-state index in [1.165, 1.54) is 6.42 Å². The molecule has 0 aromatic heterocycles. The molecule has 2 amide bonds. The van der Waals surface area contributed by atoms with Gasteiger partial charge in [0.1, 0.15) is 0 Å². The Bertz CT molecular complexity index is 214. The highest BCUT2D eigenvalue weighted by Gasteiger charge is 2.29. The number of carbonyl (C=O) groups excluding carboxylic acids is 1. The summed E-state index contributed by atoms with van der Waals surface area (Å²) in [6, 6.07) is 0.496. The topological polar surface area (TPSA) is 41.6 Å². The minimum absolute atomic E-state index is 0.0878. The van der Waals surface area contributed by atoms with E-state index >= 15 is 0 Å². The van der Waals surface area contributed by atoms with E-state index in [1.807, 2.05) is 4.90 Å². The third kappa shape index (κ3) is 2.00. The summed E-state index contributed by atoms with van der Waals surface area (Å²) in [6.45, 7) is 4.99. The first-order chi connectivity index (χ1) is 6.77. The molecule has 2 unspecified atom stereocenters. The predicted molar refractivity (Wildman–Crippen MR) is 53.1 cm³/mol. The van der Waals surface area contributed by atoms with Gasteiger partial charge in [-0.05, 0) is 18.8 Å². The summed E-state index contributed by atoms with van der Waals surface area (Å²) in [5.74, 6) is 0.653. The van der Waals surface area contributed by atoms with Crippen LogP contribution in [0.4, 0.5) is 4.79 Å². The highest BCUT2D eigenvalue weighted by molar-refractivity contribution is 5.74. The van der Waals surface area contributed by atoms with Crippen LogP contribution in [-0.2, 0) is 4.74 Å². The zero-order valence-corrected chi connectivity index (χ0v) is 8.66. The van der Waals surface area contributed by atoms with Crippen molar-refractivity contribution >= 4 is 6.03 Å². The molecular weight excluding hydrogens is 180 g/mol. The number of hydrogen-bond acceptors (Lipinski definition) is 2. The number of ether oxygens (including phenoxy) is 1. The second-order valence-corrected chi connectivity index (χ2v) is 4.21. The lowest BCUT2D eigenvalue weighted by atomic mass is 9.81. The van der Waals surface area contributed by atoms with Gasteiger partial charge in [-0.25, -0.2) is 4.79 Å². The Kier molecular flexibility index (Phi) is 2.91. The fourth-order valence-electron chi connectivity index (χ4n) is 1.90. The number of carbonyl (C=O) groups is 1. The normalized spacial score (nSPS) is 32.2. The van der Waals surface area contributed by atoms with Crippen molar-refractivity contribution in [3.63, 3.8) is 0 Å². The van der Waals surface area contributed by atoms with Crippen LogP contribution in [0.25, 0.3) is 0 Å². The Balaban J connectivity index is 1.76. The number of nitrogens with zero attached hydrogens (tertiary/aromatic N) is 1. The lowest BCUT2D eigenvalue weighted by molar-refractivity contribution is 0.0505. The monoisotopic (exact) mass is 198 g/mol. The number of urea groups is 1. The van der Waals surface area contributed by atoms with Crippen LogP contribution < -0.4 is 5.32 Å². The largest absolute Gasteiger partial charge is 0.378 e. The summed E-state index contributed by atoms with van der Waals surface area (Å²) < 4.78 is 5.19. The van der Waals surface area contributed by atoms with Crippen LogP contribution >= 0.6 is 0 Å². The standard InChI is InChI=1S/C10H18N2O2/c1-8-2-3-9(8)11-10(13)12-4-6-14-7-5-12/h8-9H,2-7H2,1H3,(H,11,13). The molecule has 14 heavy (non-hydrogen) atoms. The summed E-state index contributed by atoms with van der Waals surface area (Å²) in [7, 11) is 0. The molecule has 1 saturated carbocycles. The Hall–Kier alpha value is -0.770. The summed E-state index contributed by atoms with van der Waals surface area (Å²) in [4.78, 5) is 13.5. The molecule has 1 N–H and O–H groups in total. The summed E-state index contributed by atoms with van der Waals surface area (Å²) in [5.41, 5.74) is 0. The Labute approximate surface area is 84.6 Å². The lowest BCUT2D eigenvalue weighted by Gasteiger charge is -2.37. The van der Waals surface area contributed by atoms with Crippen molar-refractivity contribution in [2.24, 2.45) is 5.92 Å². The molecule has 1 saturated heterocycles. The molecule has 4 nitrogen and oxygen atoms in total. The number of morpholine rings is 1. The molecule has 1 heterocycles. The van der Waals surface area contributed by atoms with E-state index in [1.54, 1.807) is 0 Å². The van der Waals surface area contributed by atoms with Crippen molar-refractivity contribution in [1.29, 1.82) is 0 Å². The zero-order chi connectivity index (χ0) is 9.97. The molecule has 0 bridgehead atoms. The molecule has 0 spiro atoms. The number of rotatable bonds is 1. The van der Waals surface area contributed by atoms with E-state index in [0.29, 0.717) is 25.2 Å². The van der Waals surface area contributed by atoms with E-state index < -0.39 is 0 Å². The molecule has 4 heteroatoms. The maximum atomic E-state index is 11.7. The first kappa shape index (κ1) is 9.77. The molecule has 0 aromatic rings. The quantitative estimate of drug-likeness (QED) is 0.678. The summed E-state index contributed by atoms with van der Waals surface area (Å²) in [5, 5.41) is 3.07. The van der Waals surface area contributed by atoms with Crippen molar-refractivity contribution in [1.82, 2.24) is 10.2 Å². The smallest absolute Gasteiger partial charge is 0.317 e. The van der Waals surface area contributed by atoms with Crippen LogP contribution in [0.1, 0.15) is 19.8 Å². The number of hydrogen-bond donors (Lipinski definition) is 1. The number of amides is 2. The summed E-state index contributed by atoms with van der Waals surface area (Å²) in [6.07, 6.45) is 2.38. The van der Waals surface area contributed by atoms with Crippen LogP contribution in [0, 0.1) is 5.92 Å². The molecule has 2 rings (SSSR count). The van der Waals surface area contributed by atoms with E-state index in [-0.39, 0.29) is 6.03 Å². The minimum Gasteiger partial charge on any atom is -0.378 e. The van der Waals surface area contributed by atoms with E-state index in [2.05, 4.69) is 12.2 Å². The Morgan fingerprint density at radius 2 is 2.07 bits per heavy atom. The molecule has 80 valence electrons. The van der Waals surface area contributed by atoms with E-state index in [9.17, 15) is 4.79 Å². The van der Waals surface area contributed by atoms with Gasteiger partial charge in [-0.15, -0.1) is 0 Å². The maximum Gasteiger partial charge on any atom is 0.317 e. The van der Waals surface area contributed by atoms with Crippen molar-refractivity contribution in [3.8, 4) is 0 Å². The second kappa shape index (κ2) is 4.17. The first-order valence-electron chi connectivity index (χ1n) is 5.40. The molecule has 2 aliphatic rings. The first-order valence-corrected chi connectivity index (χ1v) is 5.40. The van der Waals surface area contributed by atoms with Crippen LogP contribution in [0.5, 0.6) is 0 Å². The molecule has 0 radical (unpaired) electrons. The highest BCUT2D eigenvalue weighted by Crippen LogP contribution is 2.26. The van der Waals surface area contributed by atoms with Crippen LogP contribution in [-0.4, -0.2) is 43.3 Å². The SMILES string of the molecule is CC1CCC1NC(=O)N1CCOCC1. The average Bonchev–Trinajstić information content (AvgIpc) is 2.24. The zero-order valence-electron chi connectivity index (χ0n) is 8.66. The van der Waals surface area contributed by atoms with Gasteiger partial charge in [-0.3, -0.25) is 0 Å². The molecule has 1 aliphatic carbocycles. The molecule has 2 fully saturated rings. The van der Waals surface area contributed by atoms with Gasteiger partial charge in [-0.2, -0.15) is 0 Å². The molecular formula is C10H18N2O2. The molecule has 2 atom stereocenters. The van der Waals surface area contributed by atoms with Gasteiger partial charge in [-0.1, -0.05) is 6.92 Å². The molecule has 1 aliphatic heterocycles. The fraction of sp³-hybridized carbons (Fsp3) is 0.900. The van der Waals surface area contributed by atoms with E-state index in [4.69, 9.17) is 4.74 Å². The van der Waals surface area contributed by atoms with Crippen molar-refractivity contribution in [3.05, 3.63) is 0 Å². The lowest BCUT2D eigenvalue weighted by Crippen LogP contribution is -2.53. The van der Waals surface area contributed by atoms with Gasteiger partial charge in [0.05, 0.1) is 13.2 Å². The predicted octanol–water partition coefficient (Wildman–Crippen LogP) is 0.827. The average molecular weight is 198 g/mol. The Morgan fingerprint density at radius 3 is 2.57 bits per heavy atom. The number of nitrogens with one attached hydrogen (secondary N) is 1. The molecule has 0 aromatic carbocycles.